The van der Waals surface area contributed by atoms with Crippen LogP contribution < -0.4 is 15.0 Å². The molecule has 2 rings (SSSR count). The molecule has 0 amide bonds. The van der Waals surface area contributed by atoms with Crippen molar-refractivity contribution in [2.45, 2.75) is 32.2 Å². The average Bonchev–Trinajstić information content (AvgIpc) is 2.58. The van der Waals surface area contributed by atoms with Crippen LogP contribution in [-0.4, -0.2) is 19.0 Å². The van der Waals surface area contributed by atoms with Crippen molar-refractivity contribution in [3.63, 3.8) is 0 Å². The zero-order valence-electron chi connectivity index (χ0n) is 14.1. The Hall–Kier alpha value is -2.76. The van der Waals surface area contributed by atoms with Crippen molar-refractivity contribution in [3.05, 3.63) is 56.6 Å². The molecule has 0 spiro atoms. The molecule has 12 heteroatoms. The van der Waals surface area contributed by atoms with Gasteiger partial charge in [-0.05, 0) is 0 Å². The fourth-order valence-corrected chi connectivity index (χ4v) is 1.93. The Morgan fingerprint density at radius 3 is 1.89 bits per heavy atom. The standard InChI is InChI=1S/C8H7F3O5S.C7H8O3/c1-2-5-3-6(12)7(4-15-5)16-17(13,14)8(9,10)11;1-2-5-3-6(8)7(9)4-10-5/h3-4H,2H2,1H3;3-4,9H,2H2,1H3. The van der Waals surface area contributed by atoms with Crippen LogP contribution in [0.15, 0.2) is 43.1 Å². The number of alkyl halides is 3. The zero-order chi connectivity index (χ0) is 20.8. The minimum Gasteiger partial charge on any atom is -0.502 e. The second-order valence-electron chi connectivity index (χ2n) is 4.86. The normalized spacial score (nSPS) is 11.4. The maximum Gasteiger partial charge on any atom is 0.534 e. The number of rotatable bonds is 4. The molecule has 0 bridgehead atoms. The third-order valence-electron chi connectivity index (χ3n) is 2.90. The maximum atomic E-state index is 12.0. The summed E-state index contributed by atoms with van der Waals surface area (Å²) < 4.78 is 70.2. The largest absolute Gasteiger partial charge is 0.534 e. The summed E-state index contributed by atoms with van der Waals surface area (Å²) in [6, 6.07) is 2.15. The summed E-state index contributed by atoms with van der Waals surface area (Å²) >= 11 is 0. The summed E-state index contributed by atoms with van der Waals surface area (Å²) in [5.74, 6) is -0.578. The van der Waals surface area contributed by atoms with Crippen molar-refractivity contribution in [2.24, 2.45) is 0 Å². The van der Waals surface area contributed by atoms with E-state index in [4.69, 9.17) is 13.9 Å². The number of hydrogen-bond donors (Lipinski definition) is 1. The van der Waals surface area contributed by atoms with Crippen LogP contribution in [0.4, 0.5) is 13.2 Å². The highest BCUT2D eigenvalue weighted by atomic mass is 32.2. The van der Waals surface area contributed by atoms with Gasteiger partial charge in [-0.3, -0.25) is 9.59 Å². The van der Waals surface area contributed by atoms with Crippen molar-refractivity contribution in [1.82, 2.24) is 0 Å². The van der Waals surface area contributed by atoms with Crippen LogP contribution in [0.1, 0.15) is 25.4 Å². The molecule has 2 aromatic heterocycles. The topological polar surface area (TPSA) is 124 Å². The highest BCUT2D eigenvalue weighted by molar-refractivity contribution is 7.87. The molecule has 0 aliphatic heterocycles. The van der Waals surface area contributed by atoms with Crippen LogP contribution in [-0.2, 0) is 23.0 Å². The van der Waals surface area contributed by atoms with E-state index < -0.39 is 26.8 Å². The minimum atomic E-state index is -5.85. The first-order valence-electron chi connectivity index (χ1n) is 7.34. The molecule has 0 saturated carbocycles. The molecule has 0 aliphatic rings. The summed E-state index contributed by atoms with van der Waals surface area (Å²) in [5, 5.41) is 8.73. The van der Waals surface area contributed by atoms with E-state index in [1.165, 1.54) is 6.07 Å². The first-order valence-corrected chi connectivity index (χ1v) is 8.75. The predicted octanol–water partition coefficient (Wildman–Crippen LogP) is 2.34. The fourth-order valence-electron chi connectivity index (χ4n) is 1.48. The number of aromatic hydroxyl groups is 1. The van der Waals surface area contributed by atoms with Crippen LogP contribution in [0.2, 0.25) is 0 Å². The Morgan fingerprint density at radius 2 is 1.48 bits per heavy atom. The van der Waals surface area contributed by atoms with Gasteiger partial charge < -0.3 is 18.1 Å². The first kappa shape index (κ1) is 22.3. The smallest absolute Gasteiger partial charge is 0.502 e. The van der Waals surface area contributed by atoms with Gasteiger partial charge in [-0.25, -0.2) is 0 Å². The molecule has 0 unspecified atom stereocenters. The van der Waals surface area contributed by atoms with Crippen LogP contribution >= 0.6 is 0 Å². The van der Waals surface area contributed by atoms with E-state index in [9.17, 15) is 31.2 Å². The molecule has 1 N–H and O–H groups in total. The maximum absolute atomic E-state index is 12.0. The highest BCUT2D eigenvalue weighted by Gasteiger charge is 2.49. The van der Waals surface area contributed by atoms with Gasteiger partial charge in [0.2, 0.25) is 16.6 Å². The monoisotopic (exact) mass is 412 g/mol. The van der Waals surface area contributed by atoms with E-state index >= 15 is 0 Å². The van der Waals surface area contributed by atoms with Crippen LogP contribution in [0, 0.1) is 0 Å². The Labute approximate surface area is 150 Å². The lowest BCUT2D eigenvalue weighted by molar-refractivity contribution is -0.0500. The SMILES string of the molecule is CCc1cc(=O)c(O)co1.CCc1cc(=O)c(OS(=O)(=O)C(F)(F)F)co1. The van der Waals surface area contributed by atoms with Crippen molar-refractivity contribution < 1.29 is 39.7 Å². The minimum absolute atomic E-state index is 0.201. The first-order chi connectivity index (χ1) is 12.4. The van der Waals surface area contributed by atoms with E-state index in [1.807, 2.05) is 6.92 Å². The lowest BCUT2D eigenvalue weighted by Gasteiger charge is -2.08. The molecule has 0 radical (unpaired) electrons. The summed E-state index contributed by atoms with van der Waals surface area (Å²) in [4.78, 5) is 21.9. The molecule has 0 fully saturated rings. The van der Waals surface area contributed by atoms with Gasteiger partial charge in [-0.1, -0.05) is 13.8 Å². The summed E-state index contributed by atoms with van der Waals surface area (Å²) in [7, 11) is -5.85. The lowest BCUT2D eigenvalue weighted by atomic mass is 10.3. The Kier molecular flexibility index (Phi) is 7.22. The summed E-state index contributed by atoms with van der Waals surface area (Å²) in [6.45, 7) is 3.51. The van der Waals surface area contributed by atoms with Gasteiger partial charge in [-0.15, -0.1) is 0 Å². The number of halogens is 3. The molecule has 0 aromatic carbocycles. The molecule has 0 atom stereocenters. The molecular weight excluding hydrogens is 397 g/mol. The fraction of sp³-hybridized carbons (Fsp3) is 0.333. The molecule has 0 aliphatic carbocycles. The van der Waals surface area contributed by atoms with E-state index in [1.54, 1.807) is 6.92 Å². The van der Waals surface area contributed by atoms with Crippen LogP contribution in [0.5, 0.6) is 11.5 Å². The third-order valence-corrected chi connectivity index (χ3v) is 3.86. The molecular formula is C15H15F3O8S. The summed E-state index contributed by atoms with van der Waals surface area (Å²) in [5.41, 5.74) is -6.98. The molecule has 150 valence electrons. The molecule has 2 aromatic rings. The Bertz CT molecular complexity index is 989. The molecule has 0 saturated heterocycles. The average molecular weight is 412 g/mol. The van der Waals surface area contributed by atoms with Gasteiger partial charge >= 0.3 is 15.6 Å². The Morgan fingerprint density at radius 1 is 1.00 bits per heavy atom. The van der Waals surface area contributed by atoms with E-state index in [2.05, 4.69) is 4.18 Å². The van der Waals surface area contributed by atoms with Gasteiger partial charge in [0.15, 0.2) is 5.75 Å². The van der Waals surface area contributed by atoms with Crippen molar-refractivity contribution >= 4 is 10.1 Å². The molecule has 27 heavy (non-hydrogen) atoms. The summed E-state index contributed by atoms with van der Waals surface area (Å²) in [6.07, 6.45) is 2.59. The van der Waals surface area contributed by atoms with E-state index in [0.29, 0.717) is 24.9 Å². The Balaban J connectivity index is 0.000000309. The van der Waals surface area contributed by atoms with E-state index in [-0.39, 0.29) is 16.9 Å². The molecule has 2 heterocycles. The van der Waals surface area contributed by atoms with Crippen LogP contribution in [0.3, 0.4) is 0 Å². The lowest BCUT2D eigenvalue weighted by Crippen LogP contribution is -2.29. The van der Waals surface area contributed by atoms with Crippen LogP contribution in [0.25, 0.3) is 0 Å². The van der Waals surface area contributed by atoms with Gasteiger partial charge in [0.1, 0.15) is 24.0 Å². The van der Waals surface area contributed by atoms with Gasteiger partial charge in [0.25, 0.3) is 0 Å². The van der Waals surface area contributed by atoms with Gasteiger partial charge in [-0.2, -0.15) is 21.6 Å². The van der Waals surface area contributed by atoms with Crippen molar-refractivity contribution in [3.8, 4) is 11.5 Å². The zero-order valence-corrected chi connectivity index (χ0v) is 14.9. The van der Waals surface area contributed by atoms with Crippen molar-refractivity contribution in [1.29, 1.82) is 0 Å². The highest BCUT2D eigenvalue weighted by Crippen LogP contribution is 2.25. The van der Waals surface area contributed by atoms with Gasteiger partial charge in [0, 0.05) is 25.0 Å². The second kappa shape index (κ2) is 8.75. The number of hydrogen-bond acceptors (Lipinski definition) is 8. The van der Waals surface area contributed by atoms with E-state index in [0.717, 1.165) is 12.3 Å². The third kappa shape index (κ3) is 6.16. The number of aryl methyl sites for hydroxylation is 2. The van der Waals surface area contributed by atoms with Crippen molar-refractivity contribution in [2.75, 3.05) is 0 Å². The predicted molar refractivity (Wildman–Crippen MR) is 86.0 cm³/mol. The second-order valence-corrected chi connectivity index (χ2v) is 6.40. The molecule has 8 nitrogen and oxygen atoms in total. The quantitative estimate of drug-likeness (QED) is 0.599. The van der Waals surface area contributed by atoms with Gasteiger partial charge in [0.05, 0.1) is 0 Å².